The molecule has 100 valence electrons. The van der Waals surface area contributed by atoms with Crippen LogP contribution in [0, 0.1) is 27.4 Å². The van der Waals surface area contributed by atoms with Gasteiger partial charge in [-0.25, -0.2) is 0 Å². The van der Waals surface area contributed by atoms with E-state index in [2.05, 4.69) is 0 Å². The van der Waals surface area contributed by atoms with Crippen molar-refractivity contribution < 1.29 is 14.7 Å². The first-order valence-electron chi connectivity index (χ1n) is 6.40. The van der Waals surface area contributed by atoms with Gasteiger partial charge < -0.3 is 4.84 Å². The van der Waals surface area contributed by atoms with Gasteiger partial charge in [0.2, 0.25) is 0 Å². The first-order valence-corrected chi connectivity index (χ1v) is 6.93. The fourth-order valence-corrected chi connectivity index (χ4v) is 5.19. The highest BCUT2D eigenvalue weighted by atomic mass is 35.5. The van der Waals surface area contributed by atoms with Gasteiger partial charge in [-0.1, -0.05) is 0 Å². The number of hydrogen-bond acceptors (Lipinski definition) is 4. The number of carbonyl (C=O) groups excluding carboxylic acids is 1. The lowest BCUT2D eigenvalue weighted by atomic mass is 9.47. The second-order valence-electron chi connectivity index (χ2n) is 6.30. The van der Waals surface area contributed by atoms with Gasteiger partial charge in [0.25, 0.3) is 5.09 Å². The molecule has 2 unspecified atom stereocenters. The molecule has 0 aromatic heterocycles. The number of alkyl halides is 1. The summed E-state index contributed by atoms with van der Waals surface area (Å²) in [5.41, 5.74) is -1.16. The molecule has 0 saturated heterocycles. The number of ketones is 1. The van der Waals surface area contributed by atoms with Gasteiger partial charge >= 0.3 is 0 Å². The lowest BCUT2D eigenvalue weighted by Gasteiger charge is -2.59. The quantitative estimate of drug-likeness (QED) is 0.448. The van der Waals surface area contributed by atoms with Crippen molar-refractivity contribution in [1.82, 2.24) is 0 Å². The second kappa shape index (κ2) is 3.83. The van der Waals surface area contributed by atoms with E-state index < -0.39 is 16.1 Å². The van der Waals surface area contributed by atoms with E-state index in [-0.39, 0.29) is 11.7 Å². The Kier molecular flexibility index (Phi) is 2.59. The van der Waals surface area contributed by atoms with Gasteiger partial charge in [-0.15, -0.1) is 21.7 Å². The van der Waals surface area contributed by atoms with Crippen LogP contribution in [-0.2, 0) is 9.63 Å². The molecule has 0 aromatic carbocycles. The molecular weight excluding hydrogens is 258 g/mol. The Morgan fingerprint density at radius 3 is 2.44 bits per heavy atom. The zero-order chi connectivity index (χ0) is 13.0. The van der Waals surface area contributed by atoms with Crippen LogP contribution in [0.1, 0.15) is 38.5 Å². The molecule has 4 saturated carbocycles. The van der Waals surface area contributed by atoms with E-state index >= 15 is 0 Å². The predicted octanol–water partition coefficient (Wildman–Crippen LogP) is 2.34. The van der Waals surface area contributed by atoms with E-state index in [1.807, 2.05) is 0 Å². The Labute approximate surface area is 110 Å². The first kappa shape index (κ1) is 12.2. The zero-order valence-corrected chi connectivity index (χ0v) is 10.8. The van der Waals surface area contributed by atoms with E-state index in [0.717, 1.165) is 32.1 Å². The maximum atomic E-state index is 12.1. The molecule has 4 bridgehead atoms. The molecule has 0 aliphatic heterocycles. The minimum atomic E-state index is -0.713. The third-order valence-corrected chi connectivity index (χ3v) is 5.23. The molecule has 0 spiro atoms. The largest absolute Gasteiger partial charge is 0.307 e. The smallest absolute Gasteiger partial charge is 0.295 e. The van der Waals surface area contributed by atoms with Crippen molar-refractivity contribution in [2.75, 3.05) is 5.88 Å². The van der Waals surface area contributed by atoms with E-state index in [0.29, 0.717) is 18.3 Å². The summed E-state index contributed by atoms with van der Waals surface area (Å²) in [6.07, 6.45) is 4.71. The topological polar surface area (TPSA) is 69.4 Å². The van der Waals surface area contributed by atoms with Crippen molar-refractivity contribution in [2.24, 2.45) is 17.3 Å². The summed E-state index contributed by atoms with van der Waals surface area (Å²) in [7, 11) is 0. The molecule has 4 aliphatic rings. The van der Waals surface area contributed by atoms with Crippen molar-refractivity contribution in [1.29, 1.82) is 0 Å². The predicted molar refractivity (Wildman–Crippen MR) is 63.7 cm³/mol. The molecule has 0 heterocycles. The number of halogens is 1. The molecule has 0 aromatic rings. The molecule has 0 radical (unpaired) electrons. The van der Waals surface area contributed by atoms with Crippen LogP contribution in [0.4, 0.5) is 0 Å². The third kappa shape index (κ3) is 1.71. The van der Waals surface area contributed by atoms with Gasteiger partial charge in [0.05, 0.1) is 5.88 Å². The fourth-order valence-electron chi connectivity index (χ4n) is 4.91. The van der Waals surface area contributed by atoms with Crippen LogP contribution in [0.3, 0.4) is 0 Å². The molecule has 0 N–H and O–H groups in total. The lowest BCUT2D eigenvalue weighted by molar-refractivity contribution is -0.785. The van der Waals surface area contributed by atoms with E-state index in [1.54, 1.807) is 0 Å². The van der Waals surface area contributed by atoms with Crippen LogP contribution >= 0.6 is 11.6 Å². The summed E-state index contributed by atoms with van der Waals surface area (Å²) in [6, 6.07) is 0. The normalized spacial score (nSPS) is 44.9. The summed E-state index contributed by atoms with van der Waals surface area (Å²) in [6.45, 7) is 0. The highest BCUT2D eigenvalue weighted by Gasteiger charge is 2.61. The molecule has 5 nitrogen and oxygen atoms in total. The number of rotatable bonds is 4. The third-order valence-electron chi connectivity index (χ3n) is 4.99. The molecule has 4 fully saturated rings. The Balaban J connectivity index is 1.92. The van der Waals surface area contributed by atoms with Gasteiger partial charge in [-0.3, -0.25) is 4.79 Å². The Morgan fingerprint density at radius 2 is 1.94 bits per heavy atom. The van der Waals surface area contributed by atoms with Gasteiger partial charge in [0, 0.05) is 5.41 Å². The van der Waals surface area contributed by atoms with Crippen molar-refractivity contribution in [3.05, 3.63) is 10.1 Å². The number of carbonyl (C=O) groups is 1. The zero-order valence-electron chi connectivity index (χ0n) is 10.1. The van der Waals surface area contributed by atoms with Crippen molar-refractivity contribution >= 4 is 17.4 Å². The average molecular weight is 274 g/mol. The van der Waals surface area contributed by atoms with E-state index in [9.17, 15) is 14.9 Å². The highest BCUT2D eigenvalue weighted by molar-refractivity contribution is 6.28. The molecule has 6 heteroatoms. The van der Waals surface area contributed by atoms with Crippen LogP contribution in [0.25, 0.3) is 0 Å². The number of Topliss-reactive ketones (excluding diaryl/α,β-unsaturated/α-hetero) is 1. The van der Waals surface area contributed by atoms with Crippen LogP contribution in [0.15, 0.2) is 0 Å². The maximum Gasteiger partial charge on any atom is 0.295 e. The van der Waals surface area contributed by atoms with Crippen LogP contribution in [0.2, 0.25) is 0 Å². The summed E-state index contributed by atoms with van der Waals surface area (Å²) in [5.74, 6) is 0.833. The second-order valence-corrected chi connectivity index (χ2v) is 6.56. The lowest BCUT2D eigenvalue weighted by Crippen LogP contribution is -2.59. The molecule has 0 amide bonds. The number of nitrogens with zero attached hydrogens (tertiary/aromatic N) is 1. The van der Waals surface area contributed by atoms with Crippen molar-refractivity contribution in [2.45, 2.75) is 44.1 Å². The van der Waals surface area contributed by atoms with Gasteiger partial charge in [0.1, 0.15) is 5.60 Å². The van der Waals surface area contributed by atoms with Crippen LogP contribution in [-0.4, -0.2) is 22.4 Å². The number of hydrogen-bond donors (Lipinski definition) is 0. The molecule has 18 heavy (non-hydrogen) atoms. The summed E-state index contributed by atoms with van der Waals surface area (Å²) < 4.78 is 0. The highest BCUT2D eigenvalue weighted by Crippen LogP contribution is 2.63. The van der Waals surface area contributed by atoms with Gasteiger partial charge in [-0.05, 0) is 50.4 Å². The van der Waals surface area contributed by atoms with Crippen LogP contribution in [0.5, 0.6) is 0 Å². The first-order chi connectivity index (χ1) is 8.47. The van der Waals surface area contributed by atoms with Gasteiger partial charge in [-0.2, -0.15) is 0 Å². The van der Waals surface area contributed by atoms with Crippen molar-refractivity contribution in [3.63, 3.8) is 0 Å². The maximum absolute atomic E-state index is 12.1. The SMILES string of the molecule is O=C(CCl)C12CC3CC(CC(O[N+](=O)[O-])(C3)C1)C2. The van der Waals surface area contributed by atoms with E-state index in [4.69, 9.17) is 16.4 Å². The van der Waals surface area contributed by atoms with Gasteiger partial charge in [0.15, 0.2) is 5.78 Å². The Morgan fingerprint density at radius 1 is 1.33 bits per heavy atom. The van der Waals surface area contributed by atoms with Crippen LogP contribution < -0.4 is 0 Å². The minimum Gasteiger partial charge on any atom is -0.307 e. The fraction of sp³-hybridized carbons (Fsp3) is 0.917. The minimum absolute atomic E-state index is 0.00792. The summed E-state index contributed by atoms with van der Waals surface area (Å²) in [5, 5.41) is 10.0. The average Bonchev–Trinajstić information content (AvgIpc) is 2.24. The Hall–Kier alpha value is -0.840. The summed E-state index contributed by atoms with van der Waals surface area (Å²) >= 11 is 5.71. The summed E-state index contributed by atoms with van der Waals surface area (Å²) in [4.78, 5) is 27.8. The molecule has 4 rings (SSSR count). The molecule has 2 atom stereocenters. The van der Waals surface area contributed by atoms with Crippen molar-refractivity contribution in [3.8, 4) is 0 Å². The molecular formula is C12H16ClNO4. The standard InChI is InChI=1S/C12H16ClNO4/c13-6-10(15)11-2-8-1-9(3-11)5-12(4-8,7-11)18-14(16)17/h8-9H,1-7H2. The molecule has 4 aliphatic carbocycles. The Bertz CT molecular complexity index is 397. The monoisotopic (exact) mass is 273 g/mol. The van der Waals surface area contributed by atoms with E-state index in [1.165, 1.54) is 0 Å².